The summed E-state index contributed by atoms with van der Waals surface area (Å²) in [7, 11) is 3.96. The fourth-order valence-electron chi connectivity index (χ4n) is 1.93. The summed E-state index contributed by atoms with van der Waals surface area (Å²) < 4.78 is 1.76. The molecule has 1 fully saturated rings. The molecule has 1 aliphatic rings. The Morgan fingerprint density at radius 1 is 1.64 bits per heavy atom. The molecule has 0 bridgehead atoms. The molecular formula is C10H18N4. The van der Waals surface area contributed by atoms with Crippen LogP contribution in [0.1, 0.15) is 25.0 Å². The van der Waals surface area contributed by atoms with Gasteiger partial charge >= 0.3 is 0 Å². The van der Waals surface area contributed by atoms with Gasteiger partial charge in [-0.2, -0.15) is 0 Å². The molecule has 1 aromatic heterocycles. The lowest BCUT2D eigenvalue weighted by Crippen LogP contribution is -2.27. The Kier molecular flexibility index (Phi) is 2.82. The second-order valence-corrected chi connectivity index (χ2v) is 4.15. The van der Waals surface area contributed by atoms with E-state index >= 15 is 0 Å². The first-order valence-corrected chi connectivity index (χ1v) is 5.32. The Bertz CT molecular complexity index is 290. The number of aryl methyl sites for hydroxylation is 2. The van der Waals surface area contributed by atoms with E-state index in [0.717, 1.165) is 18.0 Å². The highest BCUT2D eigenvalue weighted by molar-refractivity contribution is 4.95. The van der Waals surface area contributed by atoms with Crippen LogP contribution in [0, 0.1) is 5.92 Å². The first kappa shape index (κ1) is 9.65. The standard InChI is InChI=1S/C10H18N4/c1-11-10(8-3-4-8)6-5-9-7-14(2)13-12-9/h7-8,10-11H,3-6H2,1-2H3. The zero-order valence-electron chi connectivity index (χ0n) is 8.90. The highest BCUT2D eigenvalue weighted by Crippen LogP contribution is 2.34. The highest BCUT2D eigenvalue weighted by Gasteiger charge is 2.29. The Morgan fingerprint density at radius 2 is 2.43 bits per heavy atom. The lowest BCUT2D eigenvalue weighted by molar-refractivity contribution is 0.468. The van der Waals surface area contributed by atoms with Crippen molar-refractivity contribution in [3.8, 4) is 0 Å². The number of hydrogen-bond donors (Lipinski definition) is 1. The molecule has 1 heterocycles. The van der Waals surface area contributed by atoms with E-state index in [1.807, 2.05) is 13.2 Å². The van der Waals surface area contributed by atoms with Crippen molar-refractivity contribution in [3.05, 3.63) is 11.9 Å². The van der Waals surface area contributed by atoms with Crippen LogP contribution in [0.5, 0.6) is 0 Å². The lowest BCUT2D eigenvalue weighted by atomic mass is 10.1. The maximum Gasteiger partial charge on any atom is 0.0827 e. The van der Waals surface area contributed by atoms with Gasteiger partial charge in [-0.15, -0.1) is 5.10 Å². The summed E-state index contributed by atoms with van der Waals surface area (Å²) in [5.74, 6) is 0.914. The van der Waals surface area contributed by atoms with E-state index in [1.54, 1.807) is 4.68 Å². The van der Waals surface area contributed by atoms with Crippen molar-refractivity contribution in [2.24, 2.45) is 13.0 Å². The monoisotopic (exact) mass is 194 g/mol. The molecule has 0 aromatic carbocycles. The van der Waals surface area contributed by atoms with Crippen LogP contribution in [0.15, 0.2) is 6.20 Å². The molecule has 0 radical (unpaired) electrons. The fraction of sp³-hybridized carbons (Fsp3) is 0.800. The molecule has 1 unspecified atom stereocenters. The van der Waals surface area contributed by atoms with E-state index in [2.05, 4.69) is 22.7 Å². The van der Waals surface area contributed by atoms with Gasteiger partial charge in [0, 0.05) is 19.3 Å². The van der Waals surface area contributed by atoms with Crippen molar-refractivity contribution < 1.29 is 0 Å². The number of hydrogen-bond acceptors (Lipinski definition) is 3. The largest absolute Gasteiger partial charge is 0.317 e. The van der Waals surface area contributed by atoms with Crippen LogP contribution in [0.3, 0.4) is 0 Å². The fourth-order valence-corrected chi connectivity index (χ4v) is 1.93. The smallest absolute Gasteiger partial charge is 0.0827 e. The van der Waals surface area contributed by atoms with Crippen molar-refractivity contribution in [1.29, 1.82) is 0 Å². The van der Waals surface area contributed by atoms with Gasteiger partial charge in [-0.25, -0.2) is 0 Å². The van der Waals surface area contributed by atoms with Crippen LogP contribution in [0.4, 0.5) is 0 Å². The Morgan fingerprint density at radius 3 is 2.93 bits per heavy atom. The molecule has 1 aromatic rings. The van der Waals surface area contributed by atoms with Gasteiger partial charge in [-0.05, 0) is 38.6 Å². The van der Waals surface area contributed by atoms with Crippen molar-refractivity contribution in [3.63, 3.8) is 0 Å². The molecule has 0 amide bonds. The van der Waals surface area contributed by atoms with Gasteiger partial charge in [0.05, 0.1) is 5.69 Å². The van der Waals surface area contributed by atoms with Crippen molar-refractivity contribution in [2.45, 2.75) is 31.7 Å². The molecule has 1 saturated carbocycles. The number of aromatic nitrogens is 3. The molecule has 4 heteroatoms. The van der Waals surface area contributed by atoms with Gasteiger partial charge in [0.25, 0.3) is 0 Å². The van der Waals surface area contributed by atoms with E-state index in [1.165, 1.54) is 19.3 Å². The molecule has 4 nitrogen and oxygen atoms in total. The van der Waals surface area contributed by atoms with Gasteiger partial charge in [0.2, 0.25) is 0 Å². The number of rotatable bonds is 5. The maximum absolute atomic E-state index is 4.09. The third-order valence-electron chi connectivity index (χ3n) is 2.92. The van der Waals surface area contributed by atoms with E-state index in [-0.39, 0.29) is 0 Å². The minimum atomic E-state index is 0.678. The van der Waals surface area contributed by atoms with Crippen molar-refractivity contribution >= 4 is 0 Å². The van der Waals surface area contributed by atoms with Crippen LogP contribution in [0.25, 0.3) is 0 Å². The Balaban J connectivity index is 1.80. The van der Waals surface area contributed by atoms with Crippen molar-refractivity contribution in [2.75, 3.05) is 7.05 Å². The minimum absolute atomic E-state index is 0.678. The molecule has 0 saturated heterocycles. The molecule has 78 valence electrons. The first-order valence-electron chi connectivity index (χ1n) is 5.32. The topological polar surface area (TPSA) is 42.7 Å². The van der Waals surface area contributed by atoms with Crippen LogP contribution in [-0.4, -0.2) is 28.1 Å². The molecule has 1 aliphatic carbocycles. The zero-order chi connectivity index (χ0) is 9.97. The highest BCUT2D eigenvalue weighted by atomic mass is 15.4. The van der Waals surface area contributed by atoms with Crippen LogP contribution >= 0.6 is 0 Å². The summed E-state index contributed by atoms with van der Waals surface area (Å²) in [6.07, 6.45) is 7.01. The summed E-state index contributed by atoms with van der Waals surface area (Å²) >= 11 is 0. The molecule has 1 N–H and O–H groups in total. The van der Waals surface area contributed by atoms with Crippen LogP contribution in [-0.2, 0) is 13.5 Å². The van der Waals surface area contributed by atoms with E-state index in [9.17, 15) is 0 Å². The van der Waals surface area contributed by atoms with Gasteiger partial charge in [0.1, 0.15) is 0 Å². The third kappa shape index (κ3) is 2.32. The molecule has 1 atom stereocenters. The summed E-state index contributed by atoms with van der Waals surface area (Å²) in [5.41, 5.74) is 1.11. The number of nitrogens with zero attached hydrogens (tertiary/aromatic N) is 3. The second kappa shape index (κ2) is 4.09. The zero-order valence-corrected chi connectivity index (χ0v) is 8.90. The third-order valence-corrected chi connectivity index (χ3v) is 2.92. The number of nitrogens with one attached hydrogen (secondary N) is 1. The predicted octanol–water partition coefficient (Wildman–Crippen LogP) is 0.746. The maximum atomic E-state index is 4.09. The van der Waals surface area contributed by atoms with E-state index < -0.39 is 0 Å². The van der Waals surface area contributed by atoms with Gasteiger partial charge < -0.3 is 5.32 Å². The van der Waals surface area contributed by atoms with Crippen molar-refractivity contribution in [1.82, 2.24) is 20.3 Å². The molecule has 2 rings (SSSR count). The molecule has 14 heavy (non-hydrogen) atoms. The second-order valence-electron chi connectivity index (χ2n) is 4.15. The molecular weight excluding hydrogens is 176 g/mol. The van der Waals surface area contributed by atoms with Crippen LogP contribution in [0.2, 0.25) is 0 Å². The quantitative estimate of drug-likeness (QED) is 0.752. The summed E-state index contributed by atoms with van der Waals surface area (Å²) in [5, 5.41) is 11.4. The van der Waals surface area contributed by atoms with Gasteiger partial charge in [-0.1, -0.05) is 5.21 Å². The average Bonchev–Trinajstić information content (AvgIpc) is 2.92. The van der Waals surface area contributed by atoms with Gasteiger partial charge in [-0.3, -0.25) is 4.68 Å². The van der Waals surface area contributed by atoms with Crippen LogP contribution < -0.4 is 5.32 Å². The summed E-state index contributed by atoms with van der Waals surface area (Å²) in [4.78, 5) is 0. The summed E-state index contributed by atoms with van der Waals surface area (Å²) in [6.45, 7) is 0. The SMILES string of the molecule is CNC(CCc1cn(C)nn1)C1CC1. The average molecular weight is 194 g/mol. The van der Waals surface area contributed by atoms with E-state index in [0.29, 0.717) is 6.04 Å². The molecule has 0 aliphatic heterocycles. The van der Waals surface area contributed by atoms with Gasteiger partial charge in [0.15, 0.2) is 0 Å². The lowest BCUT2D eigenvalue weighted by Gasteiger charge is -2.13. The first-order chi connectivity index (χ1) is 6.79. The molecule has 0 spiro atoms. The summed E-state index contributed by atoms with van der Waals surface area (Å²) in [6, 6.07) is 0.678. The minimum Gasteiger partial charge on any atom is -0.317 e. The Labute approximate surface area is 84.7 Å². The van der Waals surface area contributed by atoms with E-state index in [4.69, 9.17) is 0 Å². The Hall–Kier alpha value is -0.900. The normalized spacial score (nSPS) is 18.4. The predicted molar refractivity (Wildman–Crippen MR) is 54.9 cm³/mol.